The van der Waals surface area contributed by atoms with Gasteiger partial charge >= 0.3 is 0 Å². The fourth-order valence-electron chi connectivity index (χ4n) is 2.33. The Hall–Kier alpha value is -2.88. The summed E-state index contributed by atoms with van der Waals surface area (Å²) in [6, 6.07) is 7.39. The number of amides is 2. The van der Waals surface area contributed by atoms with E-state index < -0.39 is 17.6 Å². The maximum absolute atomic E-state index is 12.6. The number of aromatic nitrogens is 1. The Balaban J connectivity index is 2.02. The van der Waals surface area contributed by atoms with Gasteiger partial charge in [0.15, 0.2) is 11.5 Å². The highest BCUT2D eigenvalue weighted by atomic mass is 32.2. The molecule has 2 N–H and O–H groups in total. The minimum atomic E-state index is -2.73. The number of carbonyl (C=O) groups is 2. The molecule has 1 heterocycles. The number of nitrogens with zero attached hydrogens (tertiary/aromatic N) is 1. The molecule has 0 aliphatic heterocycles. The highest BCUT2D eigenvalue weighted by Crippen LogP contribution is 2.28. The number of alkyl halides is 2. The number of benzene rings is 1. The molecule has 0 aliphatic carbocycles. The molecule has 0 atom stereocenters. The fraction of sp³-hybridized carbons (Fsp3) is 0.350. The van der Waals surface area contributed by atoms with E-state index >= 15 is 0 Å². The molecule has 0 spiro atoms. The predicted octanol–water partition coefficient (Wildman–Crippen LogP) is 3.90. The molecule has 0 saturated carbocycles. The molecule has 0 bridgehead atoms. The van der Waals surface area contributed by atoms with E-state index in [9.17, 15) is 18.4 Å². The van der Waals surface area contributed by atoms with Crippen LogP contribution in [0.15, 0.2) is 41.6 Å². The Labute approximate surface area is 177 Å². The lowest BCUT2D eigenvalue weighted by molar-refractivity contribution is 0.0844. The third kappa shape index (κ3) is 6.87. The molecule has 2 rings (SSSR count). The predicted molar refractivity (Wildman–Crippen MR) is 109 cm³/mol. The molecule has 1 aromatic heterocycles. The molecule has 1 aromatic carbocycles. The molecular formula is C20H23F2N3O4S. The maximum atomic E-state index is 12.6. The first-order valence-corrected chi connectivity index (χ1v) is 10.0. The van der Waals surface area contributed by atoms with Crippen LogP contribution in [-0.2, 0) is 0 Å². The molecule has 7 nitrogen and oxygen atoms in total. The van der Waals surface area contributed by atoms with Gasteiger partial charge in [-0.05, 0) is 54.4 Å². The van der Waals surface area contributed by atoms with Gasteiger partial charge in [0.2, 0.25) is 0 Å². The molecule has 0 radical (unpaired) electrons. The first-order valence-electron chi connectivity index (χ1n) is 9.13. The van der Waals surface area contributed by atoms with E-state index in [0.717, 1.165) is 6.42 Å². The van der Waals surface area contributed by atoms with E-state index in [2.05, 4.69) is 29.7 Å². The van der Waals surface area contributed by atoms with E-state index in [1.807, 2.05) is 0 Å². The van der Waals surface area contributed by atoms with Crippen LogP contribution in [0.5, 0.6) is 11.5 Å². The van der Waals surface area contributed by atoms with Crippen molar-refractivity contribution in [3.8, 4) is 11.5 Å². The van der Waals surface area contributed by atoms with Gasteiger partial charge in [-0.25, -0.2) is 4.98 Å². The molecule has 0 fully saturated rings. The van der Waals surface area contributed by atoms with Crippen molar-refractivity contribution in [2.75, 3.05) is 13.7 Å². The summed E-state index contributed by atoms with van der Waals surface area (Å²) in [7, 11) is 1.46. The Morgan fingerprint density at radius 2 is 1.87 bits per heavy atom. The first kappa shape index (κ1) is 23.4. The van der Waals surface area contributed by atoms with Crippen LogP contribution in [0.1, 0.15) is 41.0 Å². The summed E-state index contributed by atoms with van der Waals surface area (Å²) >= 11 is 0.150. The number of hydrogen-bond donors (Lipinski definition) is 2. The normalized spacial score (nSPS) is 10.8. The lowest BCUT2D eigenvalue weighted by Gasteiger charge is -2.13. The number of halogens is 2. The van der Waals surface area contributed by atoms with Gasteiger partial charge in [-0.3, -0.25) is 20.4 Å². The third-order valence-electron chi connectivity index (χ3n) is 3.88. The molecule has 0 unspecified atom stereocenters. The Morgan fingerprint density at radius 3 is 2.53 bits per heavy atom. The van der Waals surface area contributed by atoms with Crippen molar-refractivity contribution < 1.29 is 27.8 Å². The molecule has 0 aliphatic rings. The van der Waals surface area contributed by atoms with Crippen LogP contribution in [0.25, 0.3) is 0 Å². The average molecular weight is 439 g/mol. The lowest BCUT2D eigenvalue weighted by atomic mass is 10.1. The highest BCUT2D eigenvalue weighted by Gasteiger charge is 2.18. The topological polar surface area (TPSA) is 89.6 Å². The number of hydrazine groups is 1. The smallest absolute Gasteiger partial charge is 0.290 e. The van der Waals surface area contributed by atoms with Gasteiger partial charge in [0.25, 0.3) is 17.6 Å². The summed E-state index contributed by atoms with van der Waals surface area (Å²) in [6.45, 7) is 4.69. The van der Waals surface area contributed by atoms with Gasteiger partial charge in [-0.15, -0.1) is 0 Å². The van der Waals surface area contributed by atoms with E-state index in [-0.39, 0.29) is 27.9 Å². The molecule has 30 heavy (non-hydrogen) atoms. The minimum absolute atomic E-state index is 0.0745. The van der Waals surface area contributed by atoms with Crippen molar-refractivity contribution in [1.82, 2.24) is 15.8 Å². The quantitative estimate of drug-likeness (QED) is 0.455. The van der Waals surface area contributed by atoms with Gasteiger partial charge in [0.05, 0.1) is 19.3 Å². The first-order chi connectivity index (χ1) is 14.3. The van der Waals surface area contributed by atoms with Crippen LogP contribution in [0.2, 0.25) is 0 Å². The summed E-state index contributed by atoms with van der Waals surface area (Å²) in [5, 5.41) is -0.135. The summed E-state index contributed by atoms with van der Waals surface area (Å²) in [4.78, 5) is 28.4. The molecule has 10 heteroatoms. The van der Waals surface area contributed by atoms with Crippen LogP contribution < -0.4 is 20.3 Å². The van der Waals surface area contributed by atoms with Crippen LogP contribution in [0, 0.1) is 5.92 Å². The summed E-state index contributed by atoms with van der Waals surface area (Å²) in [5.74, 6) is -2.73. The molecular weight excluding hydrogens is 416 g/mol. The van der Waals surface area contributed by atoms with Crippen LogP contribution in [0.3, 0.4) is 0 Å². The zero-order valence-corrected chi connectivity index (χ0v) is 17.6. The Kier molecular flexibility index (Phi) is 8.85. The van der Waals surface area contributed by atoms with E-state index in [1.54, 1.807) is 6.07 Å². The zero-order chi connectivity index (χ0) is 22.1. The second-order valence-corrected chi connectivity index (χ2v) is 7.52. The maximum Gasteiger partial charge on any atom is 0.290 e. The lowest BCUT2D eigenvalue weighted by Crippen LogP contribution is -2.41. The second kappa shape index (κ2) is 11.3. The van der Waals surface area contributed by atoms with Crippen LogP contribution in [0.4, 0.5) is 8.78 Å². The Morgan fingerprint density at radius 1 is 1.13 bits per heavy atom. The van der Waals surface area contributed by atoms with Crippen LogP contribution >= 0.6 is 11.8 Å². The SMILES string of the molecule is COc1cc(C(=O)NNC(=O)c2cccnc2SC(F)F)ccc1OCCC(C)C. The van der Waals surface area contributed by atoms with Gasteiger partial charge < -0.3 is 9.47 Å². The van der Waals surface area contributed by atoms with E-state index in [4.69, 9.17) is 9.47 Å². The Bertz CT molecular complexity index is 881. The molecule has 2 aromatic rings. The monoisotopic (exact) mass is 439 g/mol. The number of methoxy groups -OCH3 is 1. The average Bonchev–Trinajstić information content (AvgIpc) is 2.71. The highest BCUT2D eigenvalue weighted by molar-refractivity contribution is 7.99. The van der Waals surface area contributed by atoms with Gasteiger partial charge in [-0.2, -0.15) is 8.78 Å². The van der Waals surface area contributed by atoms with Crippen molar-refractivity contribution in [3.05, 3.63) is 47.7 Å². The van der Waals surface area contributed by atoms with E-state index in [1.165, 1.54) is 37.6 Å². The number of pyridine rings is 1. The van der Waals surface area contributed by atoms with Crippen molar-refractivity contribution in [2.45, 2.75) is 31.1 Å². The van der Waals surface area contributed by atoms with Crippen molar-refractivity contribution >= 4 is 23.6 Å². The molecule has 0 saturated heterocycles. The molecule has 162 valence electrons. The van der Waals surface area contributed by atoms with Gasteiger partial charge in [0, 0.05) is 11.8 Å². The third-order valence-corrected chi connectivity index (χ3v) is 4.61. The number of nitrogens with one attached hydrogen (secondary N) is 2. The largest absolute Gasteiger partial charge is 0.493 e. The van der Waals surface area contributed by atoms with Crippen molar-refractivity contribution in [1.29, 1.82) is 0 Å². The summed E-state index contributed by atoms with van der Waals surface area (Å²) in [6.07, 6.45) is 2.18. The number of carbonyl (C=O) groups excluding carboxylic acids is 2. The fourth-order valence-corrected chi connectivity index (χ4v) is 2.91. The van der Waals surface area contributed by atoms with Crippen molar-refractivity contribution in [3.63, 3.8) is 0 Å². The minimum Gasteiger partial charge on any atom is -0.493 e. The number of thioether (sulfide) groups is 1. The van der Waals surface area contributed by atoms with E-state index in [0.29, 0.717) is 24.0 Å². The summed E-state index contributed by atoms with van der Waals surface area (Å²) < 4.78 is 36.2. The van der Waals surface area contributed by atoms with Gasteiger partial charge in [0.1, 0.15) is 5.03 Å². The zero-order valence-electron chi connectivity index (χ0n) is 16.8. The summed E-state index contributed by atoms with van der Waals surface area (Å²) in [5.41, 5.74) is 4.59. The number of ether oxygens (including phenoxy) is 2. The van der Waals surface area contributed by atoms with Gasteiger partial charge in [-0.1, -0.05) is 13.8 Å². The second-order valence-electron chi connectivity index (χ2n) is 6.54. The van der Waals surface area contributed by atoms with Crippen LogP contribution in [-0.4, -0.2) is 36.3 Å². The molecule has 2 amide bonds. The number of hydrogen-bond acceptors (Lipinski definition) is 6. The van der Waals surface area contributed by atoms with Crippen molar-refractivity contribution in [2.24, 2.45) is 5.92 Å². The number of rotatable bonds is 9. The standard InChI is InChI=1S/C20H23F2N3O4S/c1-12(2)8-10-29-15-7-6-13(11-16(15)28-3)17(26)24-25-18(27)14-5-4-9-23-19(14)30-20(21)22/h4-7,9,11-12,20H,8,10H2,1-3H3,(H,24,26)(H,25,27).